The summed E-state index contributed by atoms with van der Waals surface area (Å²) in [6, 6.07) is 6.50. The summed E-state index contributed by atoms with van der Waals surface area (Å²) in [7, 11) is 0. The van der Waals surface area contributed by atoms with Gasteiger partial charge < -0.3 is 5.11 Å². The molecule has 4 heteroatoms. The van der Waals surface area contributed by atoms with E-state index in [4.69, 9.17) is 5.11 Å². The maximum Gasteiger partial charge on any atom is 0.133 e. The molecule has 2 rings (SSSR count). The lowest BCUT2D eigenvalue weighted by Gasteiger charge is -2.00. The smallest absolute Gasteiger partial charge is 0.133 e. The fraction of sp³-hybridized carbons (Fsp3) is 0.300. The second kappa shape index (κ2) is 4.11. The van der Waals surface area contributed by atoms with Crippen molar-refractivity contribution in [3.63, 3.8) is 0 Å². The minimum absolute atomic E-state index is 0.0327. The molecule has 1 aliphatic heterocycles. The van der Waals surface area contributed by atoms with Gasteiger partial charge in [0.15, 0.2) is 0 Å². The summed E-state index contributed by atoms with van der Waals surface area (Å²) in [5.41, 5.74) is 0.536. The zero-order valence-corrected chi connectivity index (χ0v) is 8.30. The first-order chi connectivity index (χ1) is 6.81. The molecule has 0 bridgehead atoms. The van der Waals surface area contributed by atoms with E-state index in [0.29, 0.717) is 10.6 Å². The van der Waals surface area contributed by atoms with Crippen molar-refractivity contribution >= 4 is 16.8 Å². The van der Waals surface area contributed by atoms with Gasteiger partial charge in [-0.05, 0) is 12.1 Å². The van der Waals surface area contributed by atoms with Gasteiger partial charge >= 0.3 is 0 Å². The summed E-state index contributed by atoms with van der Waals surface area (Å²) in [5, 5.41) is 9.58. The lowest BCUT2D eigenvalue weighted by Crippen LogP contribution is -2.08. The number of aliphatic hydroxyl groups is 1. The molecule has 1 aromatic rings. The predicted molar refractivity (Wildman–Crippen MR) is 56.3 cm³/mol. The number of hydrogen-bond acceptors (Lipinski definition) is 3. The van der Waals surface area contributed by atoms with E-state index < -0.39 is 0 Å². The Balaban J connectivity index is 2.28. The first kappa shape index (κ1) is 9.68. The van der Waals surface area contributed by atoms with Gasteiger partial charge in [-0.1, -0.05) is 12.1 Å². The summed E-state index contributed by atoms with van der Waals surface area (Å²) in [6.45, 7) is 0.0327. The van der Waals surface area contributed by atoms with Gasteiger partial charge in [-0.15, -0.1) is 11.8 Å². The van der Waals surface area contributed by atoms with Crippen molar-refractivity contribution in [1.29, 1.82) is 0 Å². The Morgan fingerprint density at radius 1 is 1.50 bits per heavy atom. The highest BCUT2D eigenvalue weighted by Gasteiger charge is 2.20. The monoisotopic (exact) mass is 211 g/mol. The molecule has 0 fully saturated rings. The van der Waals surface area contributed by atoms with Crippen LogP contribution in [0.2, 0.25) is 0 Å². The average molecular weight is 211 g/mol. The molecule has 1 unspecified atom stereocenters. The standard InChI is InChI=1S/C10H10FNOS/c11-9-4-2-1-3-8(9)10-12-7(5-13)6-14-10/h1-4,7,13H,5-6H2. The van der Waals surface area contributed by atoms with Gasteiger partial charge in [-0.3, -0.25) is 4.99 Å². The van der Waals surface area contributed by atoms with Crippen molar-refractivity contribution < 1.29 is 9.50 Å². The Morgan fingerprint density at radius 2 is 2.29 bits per heavy atom. The van der Waals surface area contributed by atoms with Crippen LogP contribution in [0.5, 0.6) is 0 Å². The largest absolute Gasteiger partial charge is 0.394 e. The lowest BCUT2D eigenvalue weighted by molar-refractivity contribution is 0.277. The number of hydrogen-bond donors (Lipinski definition) is 1. The number of rotatable bonds is 2. The third-order valence-corrected chi connectivity index (χ3v) is 3.18. The highest BCUT2D eigenvalue weighted by atomic mass is 32.2. The minimum Gasteiger partial charge on any atom is -0.394 e. The molecule has 0 aromatic heterocycles. The molecule has 1 atom stereocenters. The molecule has 1 heterocycles. The minimum atomic E-state index is -0.252. The van der Waals surface area contributed by atoms with E-state index in [1.165, 1.54) is 17.8 Å². The molecule has 0 radical (unpaired) electrons. The number of thioether (sulfide) groups is 1. The van der Waals surface area contributed by atoms with Gasteiger partial charge in [-0.2, -0.15) is 0 Å². The Labute approximate surface area is 85.9 Å². The van der Waals surface area contributed by atoms with E-state index in [2.05, 4.69) is 4.99 Å². The summed E-state index contributed by atoms with van der Waals surface area (Å²) < 4.78 is 13.3. The van der Waals surface area contributed by atoms with Crippen LogP contribution in [0.1, 0.15) is 5.56 Å². The topological polar surface area (TPSA) is 32.6 Å². The highest BCUT2D eigenvalue weighted by Crippen LogP contribution is 2.24. The molecule has 1 N–H and O–H groups in total. The maximum atomic E-state index is 13.3. The van der Waals surface area contributed by atoms with Crippen LogP contribution >= 0.6 is 11.8 Å². The van der Waals surface area contributed by atoms with Crippen LogP contribution in [0.25, 0.3) is 0 Å². The maximum absolute atomic E-state index is 13.3. The molecule has 0 aliphatic carbocycles. The molecule has 0 saturated carbocycles. The fourth-order valence-corrected chi connectivity index (χ4v) is 2.37. The van der Waals surface area contributed by atoms with Crippen LogP contribution < -0.4 is 0 Å². The number of aliphatic hydroxyl groups excluding tert-OH is 1. The molecule has 14 heavy (non-hydrogen) atoms. The van der Waals surface area contributed by atoms with E-state index in [-0.39, 0.29) is 18.5 Å². The summed E-state index contributed by atoms with van der Waals surface area (Å²) >= 11 is 1.49. The van der Waals surface area contributed by atoms with Crippen LogP contribution in [0.4, 0.5) is 4.39 Å². The SMILES string of the molecule is OCC1CSC(c2ccccc2F)=N1. The predicted octanol–water partition coefficient (Wildman–Crippen LogP) is 1.68. The molecular formula is C10H10FNOS. The Bertz CT molecular complexity index is 367. The Morgan fingerprint density at radius 3 is 2.93 bits per heavy atom. The van der Waals surface area contributed by atoms with Crippen LogP contribution in [0, 0.1) is 5.82 Å². The van der Waals surface area contributed by atoms with E-state index in [9.17, 15) is 4.39 Å². The van der Waals surface area contributed by atoms with Gasteiger partial charge in [0.25, 0.3) is 0 Å². The zero-order chi connectivity index (χ0) is 9.97. The molecular weight excluding hydrogens is 201 g/mol. The first-order valence-corrected chi connectivity index (χ1v) is 5.36. The van der Waals surface area contributed by atoms with Crippen LogP contribution in [0.15, 0.2) is 29.3 Å². The van der Waals surface area contributed by atoms with E-state index >= 15 is 0 Å². The third kappa shape index (κ3) is 1.81. The number of halogens is 1. The molecule has 1 aromatic carbocycles. The quantitative estimate of drug-likeness (QED) is 0.807. The summed E-state index contributed by atoms with van der Waals surface area (Å²) in [6.07, 6.45) is 0. The molecule has 74 valence electrons. The number of nitrogens with zero attached hydrogens (tertiary/aromatic N) is 1. The first-order valence-electron chi connectivity index (χ1n) is 4.37. The van der Waals surface area contributed by atoms with Crippen molar-refractivity contribution in [3.8, 4) is 0 Å². The molecule has 0 amide bonds. The van der Waals surface area contributed by atoms with Crippen molar-refractivity contribution in [2.75, 3.05) is 12.4 Å². The van der Waals surface area contributed by atoms with E-state index in [1.807, 2.05) is 0 Å². The van der Waals surface area contributed by atoms with Crippen molar-refractivity contribution in [1.82, 2.24) is 0 Å². The molecule has 1 aliphatic rings. The normalized spacial score (nSPS) is 21.0. The molecule has 2 nitrogen and oxygen atoms in total. The van der Waals surface area contributed by atoms with Crippen molar-refractivity contribution in [3.05, 3.63) is 35.6 Å². The zero-order valence-electron chi connectivity index (χ0n) is 7.48. The van der Waals surface area contributed by atoms with Gasteiger partial charge in [0.1, 0.15) is 10.9 Å². The average Bonchev–Trinajstić information content (AvgIpc) is 2.67. The summed E-state index contributed by atoms with van der Waals surface area (Å²) in [4.78, 5) is 4.23. The Hall–Kier alpha value is -0.870. The van der Waals surface area contributed by atoms with Crippen LogP contribution in [-0.2, 0) is 0 Å². The van der Waals surface area contributed by atoms with E-state index in [0.717, 1.165) is 5.75 Å². The van der Waals surface area contributed by atoms with Crippen LogP contribution in [-0.4, -0.2) is 28.6 Å². The number of aliphatic imine (C=N–C) groups is 1. The number of benzene rings is 1. The van der Waals surface area contributed by atoms with Gasteiger partial charge in [-0.25, -0.2) is 4.39 Å². The third-order valence-electron chi connectivity index (χ3n) is 2.03. The second-order valence-corrected chi connectivity index (χ2v) is 4.07. The summed E-state index contributed by atoms with van der Waals surface area (Å²) in [5.74, 6) is 0.484. The second-order valence-electron chi connectivity index (χ2n) is 3.06. The van der Waals surface area contributed by atoms with Gasteiger partial charge in [0, 0.05) is 11.3 Å². The van der Waals surface area contributed by atoms with Gasteiger partial charge in [0.05, 0.1) is 12.6 Å². The van der Waals surface area contributed by atoms with Gasteiger partial charge in [0.2, 0.25) is 0 Å². The molecule has 0 spiro atoms. The van der Waals surface area contributed by atoms with E-state index in [1.54, 1.807) is 18.2 Å². The highest BCUT2D eigenvalue weighted by molar-refractivity contribution is 8.14. The van der Waals surface area contributed by atoms with Crippen molar-refractivity contribution in [2.24, 2.45) is 4.99 Å². The Kier molecular flexibility index (Phi) is 2.84. The molecule has 0 saturated heterocycles. The fourth-order valence-electron chi connectivity index (χ4n) is 1.29. The van der Waals surface area contributed by atoms with Crippen LogP contribution in [0.3, 0.4) is 0 Å². The van der Waals surface area contributed by atoms with Crippen molar-refractivity contribution in [2.45, 2.75) is 6.04 Å². The lowest BCUT2D eigenvalue weighted by atomic mass is 10.2.